The summed E-state index contributed by atoms with van der Waals surface area (Å²) in [6, 6.07) is 2.86. The predicted octanol–water partition coefficient (Wildman–Crippen LogP) is 0.919. The summed E-state index contributed by atoms with van der Waals surface area (Å²) >= 11 is 0. The Morgan fingerprint density at radius 2 is 1.95 bits per heavy atom. The van der Waals surface area contributed by atoms with Gasteiger partial charge in [-0.2, -0.15) is 5.26 Å². The lowest BCUT2D eigenvalue weighted by Gasteiger charge is -2.37. The Labute approximate surface area is 127 Å². The highest BCUT2D eigenvalue weighted by molar-refractivity contribution is 5.78. The van der Waals surface area contributed by atoms with Gasteiger partial charge in [0.05, 0.1) is 11.5 Å². The number of rotatable bonds is 4. The molecule has 21 heavy (non-hydrogen) atoms. The molecule has 0 aromatic rings. The van der Waals surface area contributed by atoms with Crippen molar-refractivity contribution >= 4 is 5.91 Å². The fourth-order valence-corrected chi connectivity index (χ4v) is 3.59. The molecule has 0 N–H and O–H groups in total. The second kappa shape index (κ2) is 5.94. The van der Waals surface area contributed by atoms with E-state index in [4.69, 9.17) is 5.26 Å². The van der Waals surface area contributed by atoms with Crippen molar-refractivity contribution in [2.24, 2.45) is 5.41 Å². The SMILES string of the molecule is CCN1CCN(C2CCN(C(=O)CC3(C#N)CC3)C2)CC1. The van der Waals surface area contributed by atoms with Gasteiger partial charge in [0, 0.05) is 51.7 Å². The summed E-state index contributed by atoms with van der Waals surface area (Å²) in [5.74, 6) is 0.198. The van der Waals surface area contributed by atoms with E-state index in [0.717, 1.165) is 65.1 Å². The standard InChI is InChI=1S/C16H26N4O/c1-2-18-7-9-19(10-8-18)14-3-6-20(12-14)15(21)11-16(13-17)4-5-16/h14H,2-12H2,1H3. The third kappa shape index (κ3) is 3.22. The fourth-order valence-electron chi connectivity index (χ4n) is 3.59. The Morgan fingerprint density at radius 1 is 1.24 bits per heavy atom. The van der Waals surface area contributed by atoms with Crippen molar-refractivity contribution in [1.82, 2.24) is 14.7 Å². The Morgan fingerprint density at radius 3 is 2.52 bits per heavy atom. The Balaban J connectivity index is 1.47. The molecule has 3 rings (SSSR count). The molecule has 0 aromatic carbocycles. The average Bonchev–Trinajstić information content (AvgIpc) is 3.12. The molecule has 116 valence electrons. The number of carbonyl (C=O) groups excluding carboxylic acids is 1. The maximum atomic E-state index is 12.3. The first-order valence-electron chi connectivity index (χ1n) is 8.31. The summed E-state index contributed by atoms with van der Waals surface area (Å²) in [6.45, 7) is 9.65. The molecule has 0 aromatic heterocycles. The van der Waals surface area contributed by atoms with Crippen molar-refractivity contribution < 1.29 is 4.79 Å². The zero-order chi connectivity index (χ0) is 14.9. The minimum absolute atomic E-state index is 0.198. The number of carbonyl (C=O) groups is 1. The highest BCUT2D eigenvalue weighted by Gasteiger charge is 2.46. The Bertz CT molecular complexity index is 432. The summed E-state index contributed by atoms with van der Waals surface area (Å²) < 4.78 is 0. The van der Waals surface area contributed by atoms with Crippen LogP contribution in [0.15, 0.2) is 0 Å². The molecular weight excluding hydrogens is 264 g/mol. The van der Waals surface area contributed by atoms with Gasteiger partial charge in [0.2, 0.25) is 5.91 Å². The average molecular weight is 290 g/mol. The van der Waals surface area contributed by atoms with Crippen LogP contribution in [0.2, 0.25) is 0 Å². The monoisotopic (exact) mass is 290 g/mol. The van der Waals surface area contributed by atoms with E-state index in [2.05, 4.69) is 22.8 Å². The maximum Gasteiger partial charge on any atom is 0.224 e. The van der Waals surface area contributed by atoms with Crippen LogP contribution in [0.1, 0.15) is 32.6 Å². The van der Waals surface area contributed by atoms with Crippen molar-refractivity contribution in [3.8, 4) is 6.07 Å². The van der Waals surface area contributed by atoms with Gasteiger partial charge in [0.15, 0.2) is 0 Å². The quantitative estimate of drug-likeness (QED) is 0.772. The van der Waals surface area contributed by atoms with Gasteiger partial charge in [-0.15, -0.1) is 0 Å². The van der Waals surface area contributed by atoms with E-state index in [1.807, 2.05) is 4.90 Å². The summed E-state index contributed by atoms with van der Waals surface area (Å²) in [6.07, 6.45) is 3.36. The summed E-state index contributed by atoms with van der Waals surface area (Å²) in [5.41, 5.74) is -0.304. The number of piperazine rings is 1. The van der Waals surface area contributed by atoms with Crippen LogP contribution in [-0.4, -0.2) is 72.5 Å². The van der Waals surface area contributed by atoms with Gasteiger partial charge in [-0.05, 0) is 25.8 Å². The molecule has 1 atom stereocenters. The number of likely N-dealkylation sites (N-methyl/N-ethyl adjacent to an activating group) is 1. The van der Waals surface area contributed by atoms with Gasteiger partial charge >= 0.3 is 0 Å². The Kier molecular flexibility index (Phi) is 4.19. The lowest BCUT2D eigenvalue weighted by molar-refractivity contribution is -0.131. The second-order valence-corrected chi connectivity index (χ2v) is 6.82. The van der Waals surface area contributed by atoms with E-state index in [1.54, 1.807) is 0 Å². The van der Waals surface area contributed by atoms with E-state index in [0.29, 0.717) is 12.5 Å². The third-order valence-electron chi connectivity index (χ3n) is 5.47. The molecule has 2 aliphatic heterocycles. The normalized spacial score (nSPS) is 29.3. The highest BCUT2D eigenvalue weighted by Crippen LogP contribution is 2.48. The summed E-state index contributed by atoms with van der Waals surface area (Å²) in [5, 5.41) is 9.12. The zero-order valence-electron chi connectivity index (χ0n) is 13.1. The second-order valence-electron chi connectivity index (χ2n) is 6.82. The molecule has 2 heterocycles. The summed E-state index contributed by atoms with van der Waals surface area (Å²) in [4.78, 5) is 19.4. The van der Waals surface area contributed by atoms with Crippen LogP contribution in [0.3, 0.4) is 0 Å². The molecule has 0 radical (unpaired) electrons. The molecule has 1 aliphatic carbocycles. The van der Waals surface area contributed by atoms with Gasteiger partial charge < -0.3 is 9.80 Å². The molecule has 1 saturated carbocycles. The van der Waals surface area contributed by atoms with Crippen LogP contribution in [0, 0.1) is 16.7 Å². The largest absolute Gasteiger partial charge is 0.341 e. The molecule has 5 heteroatoms. The number of hydrogen-bond acceptors (Lipinski definition) is 4. The Hall–Kier alpha value is -1.12. The molecule has 1 unspecified atom stereocenters. The lowest BCUT2D eigenvalue weighted by Crippen LogP contribution is -2.51. The summed E-state index contributed by atoms with van der Waals surface area (Å²) in [7, 11) is 0. The predicted molar refractivity (Wildman–Crippen MR) is 80.6 cm³/mol. The van der Waals surface area contributed by atoms with Gasteiger partial charge in [-0.3, -0.25) is 9.69 Å². The van der Waals surface area contributed by atoms with Gasteiger partial charge in [0.25, 0.3) is 0 Å². The van der Waals surface area contributed by atoms with E-state index in [1.165, 1.54) is 0 Å². The first kappa shape index (κ1) is 14.8. The third-order valence-corrected chi connectivity index (χ3v) is 5.47. The first-order chi connectivity index (χ1) is 10.2. The van der Waals surface area contributed by atoms with Crippen LogP contribution in [0.5, 0.6) is 0 Å². The topological polar surface area (TPSA) is 50.6 Å². The highest BCUT2D eigenvalue weighted by atomic mass is 16.2. The van der Waals surface area contributed by atoms with E-state index in [9.17, 15) is 4.79 Å². The molecule has 0 bridgehead atoms. The molecule has 2 saturated heterocycles. The number of nitriles is 1. The first-order valence-corrected chi connectivity index (χ1v) is 8.31. The molecule has 1 amide bonds. The smallest absolute Gasteiger partial charge is 0.224 e. The molecule has 3 aliphatic rings. The molecule has 0 spiro atoms. The minimum atomic E-state index is -0.304. The van der Waals surface area contributed by atoms with E-state index >= 15 is 0 Å². The number of amides is 1. The molecule has 3 fully saturated rings. The minimum Gasteiger partial charge on any atom is -0.341 e. The van der Waals surface area contributed by atoms with Crippen molar-refractivity contribution in [2.75, 3.05) is 45.8 Å². The van der Waals surface area contributed by atoms with E-state index in [-0.39, 0.29) is 11.3 Å². The van der Waals surface area contributed by atoms with Gasteiger partial charge in [-0.25, -0.2) is 0 Å². The van der Waals surface area contributed by atoms with Crippen molar-refractivity contribution in [1.29, 1.82) is 5.26 Å². The van der Waals surface area contributed by atoms with E-state index < -0.39 is 0 Å². The molecular formula is C16H26N4O. The van der Waals surface area contributed by atoms with Crippen molar-refractivity contribution in [2.45, 2.75) is 38.6 Å². The van der Waals surface area contributed by atoms with Gasteiger partial charge in [0.1, 0.15) is 0 Å². The fraction of sp³-hybridized carbons (Fsp3) is 0.875. The lowest BCUT2D eigenvalue weighted by atomic mass is 10.0. The van der Waals surface area contributed by atoms with Crippen LogP contribution in [-0.2, 0) is 4.79 Å². The van der Waals surface area contributed by atoms with Crippen LogP contribution < -0.4 is 0 Å². The number of hydrogen-bond donors (Lipinski definition) is 0. The van der Waals surface area contributed by atoms with Crippen molar-refractivity contribution in [3.05, 3.63) is 0 Å². The zero-order valence-corrected chi connectivity index (χ0v) is 13.1. The van der Waals surface area contributed by atoms with Crippen LogP contribution >= 0.6 is 0 Å². The number of likely N-dealkylation sites (tertiary alicyclic amines) is 1. The maximum absolute atomic E-state index is 12.3. The number of nitrogens with zero attached hydrogens (tertiary/aromatic N) is 4. The molecule has 5 nitrogen and oxygen atoms in total. The van der Waals surface area contributed by atoms with Crippen molar-refractivity contribution in [3.63, 3.8) is 0 Å². The van der Waals surface area contributed by atoms with Crippen LogP contribution in [0.25, 0.3) is 0 Å². The van der Waals surface area contributed by atoms with Crippen LogP contribution in [0.4, 0.5) is 0 Å². The van der Waals surface area contributed by atoms with Gasteiger partial charge in [-0.1, -0.05) is 6.92 Å².